The Bertz CT molecular complexity index is 891. The second kappa shape index (κ2) is 9.93. The van der Waals surface area contributed by atoms with Crippen molar-refractivity contribution in [3.05, 3.63) is 63.2 Å². The fourth-order valence-corrected chi connectivity index (χ4v) is 3.14. The van der Waals surface area contributed by atoms with Gasteiger partial charge in [0.1, 0.15) is 6.17 Å². The molecule has 0 spiro atoms. The van der Waals surface area contributed by atoms with Crippen LogP contribution in [0.3, 0.4) is 0 Å². The maximum absolute atomic E-state index is 12.4. The van der Waals surface area contributed by atoms with Crippen molar-refractivity contribution < 1.29 is 14.7 Å². The topological polar surface area (TPSA) is 90.5 Å². The molecule has 1 atom stereocenters. The van der Waals surface area contributed by atoms with Crippen molar-refractivity contribution >= 4 is 92.3 Å². The monoisotopic (exact) mass is 571 g/mol. The lowest BCUT2D eigenvalue weighted by Gasteiger charge is -2.27. The van der Waals surface area contributed by atoms with Crippen LogP contribution in [0.5, 0.6) is 0 Å². The van der Waals surface area contributed by atoms with Crippen LogP contribution in [0.2, 0.25) is 0 Å². The lowest BCUT2D eigenvalue weighted by Crippen LogP contribution is -2.56. The first-order valence-electron chi connectivity index (χ1n) is 7.60. The van der Waals surface area contributed by atoms with Gasteiger partial charge < -0.3 is 21.1 Å². The van der Waals surface area contributed by atoms with Crippen molar-refractivity contribution in [2.24, 2.45) is 0 Å². The van der Waals surface area contributed by atoms with Gasteiger partial charge in [0.2, 0.25) is 3.79 Å². The summed E-state index contributed by atoms with van der Waals surface area (Å²) in [5, 5.41) is 17.1. The standard InChI is InChI=1S/C17H13Cl3IN3O3S/c18-17(19,20)15(23-13(25)10-2-1-3-11(21)8-10)24-16(28)22-12-6-4-9(5-7-12)14(26)27/h1-8,15H,(H,23,25)(H,26,27)(H2,22,24,28). The average molecular weight is 573 g/mol. The number of nitrogens with one attached hydrogen (secondary N) is 3. The van der Waals surface area contributed by atoms with E-state index in [0.717, 1.165) is 3.57 Å². The number of amides is 1. The Morgan fingerprint density at radius 1 is 1.04 bits per heavy atom. The number of rotatable bonds is 5. The van der Waals surface area contributed by atoms with Gasteiger partial charge in [0.25, 0.3) is 5.91 Å². The molecule has 0 aliphatic rings. The van der Waals surface area contributed by atoms with Crippen LogP contribution < -0.4 is 16.0 Å². The lowest BCUT2D eigenvalue weighted by molar-refractivity contribution is 0.0696. The van der Waals surface area contributed by atoms with E-state index in [1.54, 1.807) is 18.2 Å². The Balaban J connectivity index is 2.06. The van der Waals surface area contributed by atoms with E-state index in [2.05, 4.69) is 38.5 Å². The highest BCUT2D eigenvalue weighted by molar-refractivity contribution is 14.1. The molecule has 1 amide bonds. The minimum absolute atomic E-state index is 0.0716. The fraction of sp³-hybridized carbons (Fsp3) is 0.118. The van der Waals surface area contributed by atoms with Crippen molar-refractivity contribution in [3.63, 3.8) is 0 Å². The minimum Gasteiger partial charge on any atom is -0.478 e. The number of carbonyl (C=O) groups is 2. The van der Waals surface area contributed by atoms with Gasteiger partial charge in [-0.1, -0.05) is 40.9 Å². The molecule has 0 aliphatic heterocycles. The molecular weight excluding hydrogens is 560 g/mol. The van der Waals surface area contributed by atoms with Gasteiger partial charge in [-0.25, -0.2) is 4.79 Å². The summed E-state index contributed by atoms with van der Waals surface area (Å²) in [6.07, 6.45) is -1.12. The normalized spacial score (nSPS) is 12.0. The second-order valence-electron chi connectivity index (χ2n) is 5.44. The van der Waals surface area contributed by atoms with E-state index in [1.165, 1.54) is 24.3 Å². The SMILES string of the molecule is O=C(O)c1ccc(NC(=S)NC(NC(=O)c2cccc(I)c2)C(Cl)(Cl)Cl)cc1. The summed E-state index contributed by atoms with van der Waals surface area (Å²) >= 11 is 25.2. The number of halogens is 4. The van der Waals surface area contributed by atoms with Crippen LogP contribution in [0.15, 0.2) is 48.5 Å². The first kappa shape index (κ1) is 23.0. The first-order valence-corrected chi connectivity index (χ1v) is 10.2. The summed E-state index contributed by atoms with van der Waals surface area (Å²) < 4.78 is -1.01. The highest BCUT2D eigenvalue weighted by Crippen LogP contribution is 2.29. The summed E-state index contributed by atoms with van der Waals surface area (Å²) in [7, 11) is 0. The molecule has 0 fully saturated rings. The van der Waals surface area contributed by atoms with Gasteiger partial charge in [0.15, 0.2) is 5.11 Å². The van der Waals surface area contributed by atoms with Crippen molar-refractivity contribution in [1.29, 1.82) is 0 Å². The van der Waals surface area contributed by atoms with Crippen LogP contribution in [0.25, 0.3) is 0 Å². The highest BCUT2D eigenvalue weighted by atomic mass is 127. The third-order valence-corrected chi connectivity index (χ3v) is 4.90. The molecule has 0 bridgehead atoms. The van der Waals surface area contributed by atoms with Crippen molar-refractivity contribution in [3.8, 4) is 0 Å². The van der Waals surface area contributed by atoms with E-state index in [0.29, 0.717) is 11.3 Å². The quantitative estimate of drug-likeness (QED) is 0.184. The van der Waals surface area contributed by atoms with E-state index >= 15 is 0 Å². The van der Waals surface area contributed by atoms with E-state index in [-0.39, 0.29) is 10.7 Å². The van der Waals surface area contributed by atoms with Crippen molar-refractivity contribution in [2.75, 3.05) is 5.32 Å². The van der Waals surface area contributed by atoms with Crippen LogP contribution in [-0.2, 0) is 0 Å². The highest BCUT2D eigenvalue weighted by Gasteiger charge is 2.35. The van der Waals surface area contributed by atoms with Crippen LogP contribution in [0.4, 0.5) is 5.69 Å². The Hall–Kier alpha value is -1.33. The molecule has 4 N–H and O–H groups in total. The Labute approximate surface area is 195 Å². The number of alkyl halides is 3. The first-order chi connectivity index (χ1) is 13.1. The molecule has 0 aliphatic carbocycles. The third kappa shape index (κ3) is 6.93. The van der Waals surface area contributed by atoms with Gasteiger partial charge in [-0.2, -0.15) is 0 Å². The summed E-state index contributed by atoms with van der Waals surface area (Å²) in [6.45, 7) is 0. The number of benzene rings is 2. The second-order valence-corrected chi connectivity index (χ2v) is 9.46. The molecule has 148 valence electrons. The number of aromatic carboxylic acids is 1. The molecule has 0 radical (unpaired) electrons. The zero-order valence-electron chi connectivity index (χ0n) is 13.9. The summed E-state index contributed by atoms with van der Waals surface area (Å²) in [5.41, 5.74) is 1.05. The lowest BCUT2D eigenvalue weighted by atomic mass is 10.2. The smallest absolute Gasteiger partial charge is 0.335 e. The molecule has 28 heavy (non-hydrogen) atoms. The Morgan fingerprint density at radius 2 is 1.68 bits per heavy atom. The minimum atomic E-state index is -1.89. The van der Waals surface area contributed by atoms with Crippen LogP contribution >= 0.6 is 69.6 Å². The van der Waals surface area contributed by atoms with E-state index in [4.69, 9.17) is 52.1 Å². The number of carboxylic acid groups (broad SMARTS) is 1. The van der Waals surface area contributed by atoms with Crippen LogP contribution in [-0.4, -0.2) is 32.1 Å². The number of carboxylic acids is 1. The molecule has 2 aromatic rings. The van der Waals surface area contributed by atoms with Crippen molar-refractivity contribution in [1.82, 2.24) is 10.6 Å². The van der Waals surface area contributed by atoms with E-state index < -0.39 is 21.8 Å². The van der Waals surface area contributed by atoms with E-state index in [9.17, 15) is 9.59 Å². The van der Waals surface area contributed by atoms with Crippen LogP contribution in [0, 0.1) is 3.57 Å². The summed E-state index contributed by atoms with van der Waals surface area (Å²) in [4.78, 5) is 23.3. The Morgan fingerprint density at radius 3 is 2.21 bits per heavy atom. The summed E-state index contributed by atoms with van der Waals surface area (Å²) in [5.74, 6) is -1.49. The predicted octanol–water partition coefficient (Wildman–Crippen LogP) is 4.40. The summed E-state index contributed by atoms with van der Waals surface area (Å²) in [6, 6.07) is 12.8. The van der Waals surface area contributed by atoms with E-state index in [1.807, 2.05) is 6.07 Å². The predicted molar refractivity (Wildman–Crippen MR) is 123 cm³/mol. The Kier molecular flexibility index (Phi) is 8.14. The molecular formula is C17H13Cl3IN3O3S. The maximum Gasteiger partial charge on any atom is 0.335 e. The molecule has 0 aromatic heterocycles. The molecule has 1 unspecified atom stereocenters. The van der Waals surface area contributed by atoms with Crippen LogP contribution in [0.1, 0.15) is 20.7 Å². The van der Waals surface area contributed by atoms with Gasteiger partial charge in [0.05, 0.1) is 5.56 Å². The number of anilines is 1. The molecule has 11 heteroatoms. The third-order valence-electron chi connectivity index (χ3n) is 3.35. The zero-order valence-corrected chi connectivity index (χ0v) is 19.1. The fourth-order valence-electron chi connectivity index (χ4n) is 2.04. The largest absolute Gasteiger partial charge is 0.478 e. The molecule has 2 rings (SSSR count). The van der Waals surface area contributed by atoms with Gasteiger partial charge in [0, 0.05) is 14.8 Å². The van der Waals surface area contributed by atoms with Gasteiger partial charge in [-0.3, -0.25) is 4.79 Å². The van der Waals surface area contributed by atoms with Gasteiger partial charge in [-0.05, 0) is 77.3 Å². The molecule has 2 aromatic carbocycles. The molecule has 0 saturated heterocycles. The number of thiocarbonyl (C=S) groups is 1. The van der Waals surface area contributed by atoms with Gasteiger partial charge >= 0.3 is 5.97 Å². The molecule has 6 nitrogen and oxygen atoms in total. The average Bonchev–Trinajstić information content (AvgIpc) is 2.60. The number of hydrogen-bond acceptors (Lipinski definition) is 3. The maximum atomic E-state index is 12.4. The van der Waals surface area contributed by atoms with Gasteiger partial charge in [-0.15, -0.1) is 0 Å². The number of carbonyl (C=O) groups excluding carboxylic acids is 1. The molecule has 0 heterocycles. The number of hydrogen-bond donors (Lipinski definition) is 4. The molecule has 0 saturated carbocycles. The zero-order chi connectivity index (χ0) is 20.9. The van der Waals surface area contributed by atoms with Crippen molar-refractivity contribution in [2.45, 2.75) is 9.96 Å².